The molecule has 0 bridgehead atoms. The largest absolute Gasteiger partial charge is 0.366 e. The number of hydrogen-bond donors (Lipinski definition) is 1. The van der Waals surface area contributed by atoms with Crippen LogP contribution in [0.5, 0.6) is 0 Å². The average molecular weight is 325 g/mol. The molecule has 0 aromatic heterocycles. The Kier molecular flexibility index (Phi) is 4.46. The van der Waals surface area contributed by atoms with Gasteiger partial charge in [0.15, 0.2) is 0 Å². The lowest BCUT2D eigenvalue weighted by molar-refractivity contribution is -0.384. The zero-order valence-corrected chi connectivity index (χ0v) is 13.2. The number of nitro groups is 1. The third-order valence-corrected chi connectivity index (χ3v) is 4.56. The Balaban J connectivity index is 1.79. The van der Waals surface area contributed by atoms with Crippen LogP contribution in [-0.4, -0.2) is 23.9 Å². The number of carbonyl (C=O) groups is 1. The minimum Gasteiger partial charge on any atom is -0.366 e. The van der Waals surface area contributed by atoms with E-state index in [9.17, 15) is 14.9 Å². The molecule has 1 saturated heterocycles. The molecule has 6 nitrogen and oxygen atoms in total. The number of anilines is 1. The molecule has 1 heterocycles. The van der Waals surface area contributed by atoms with Gasteiger partial charge in [0.25, 0.3) is 5.69 Å². The molecule has 2 aromatic rings. The molecular formula is C18H19N3O3. The van der Waals surface area contributed by atoms with Gasteiger partial charge in [-0.25, -0.2) is 0 Å². The van der Waals surface area contributed by atoms with Crippen LogP contribution in [0.4, 0.5) is 11.4 Å². The van der Waals surface area contributed by atoms with E-state index in [2.05, 4.69) is 12.1 Å². The number of carbonyl (C=O) groups excluding carboxylic acids is 1. The highest BCUT2D eigenvalue weighted by molar-refractivity contribution is 5.94. The number of rotatable bonds is 4. The molecule has 6 heteroatoms. The van der Waals surface area contributed by atoms with Gasteiger partial charge in [-0.2, -0.15) is 0 Å². The molecule has 1 amide bonds. The molecule has 2 N–H and O–H groups in total. The number of nitrogens with zero attached hydrogens (tertiary/aromatic N) is 2. The van der Waals surface area contributed by atoms with E-state index in [4.69, 9.17) is 5.73 Å². The molecule has 0 atom stereocenters. The maximum atomic E-state index is 11.4. The molecule has 1 fully saturated rings. The first kappa shape index (κ1) is 16.0. The maximum Gasteiger partial charge on any atom is 0.293 e. The quantitative estimate of drug-likeness (QED) is 0.691. The van der Waals surface area contributed by atoms with E-state index in [1.54, 1.807) is 12.1 Å². The first-order valence-corrected chi connectivity index (χ1v) is 7.94. The number of nitro benzene ring substituents is 1. The van der Waals surface area contributed by atoms with Gasteiger partial charge in [-0.1, -0.05) is 30.3 Å². The number of hydrogen-bond acceptors (Lipinski definition) is 4. The van der Waals surface area contributed by atoms with Crippen LogP contribution < -0.4 is 10.6 Å². The second-order valence-corrected chi connectivity index (χ2v) is 6.00. The topological polar surface area (TPSA) is 89.5 Å². The van der Waals surface area contributed by atoms with Crippen molar-refractivity contribution in [2.45, 2.75) is 18.8 Å². The van der Waals surface area contributed by atoms with Crippen LogP contribution in [0.25, 0.3) is 0 Å². The van der Waals surface area contributed by atoms with E-state index in [0.29, 0.717) is 11.6 Å². The molecule has 0 radical (unpaired) electrons. The summed E-state index contributed by atoms with van der Waals surface area (Å²) in [7, 11) is 0. The Morgan fingerprint density at radius 1 is 1.12 bits per heavy atom. The molecule has 1 aliphatic rings. The highest BCUT2D eigenvalue weighted by atomic mass is 16.6. The van der Waals surface area contributed by atoms with E-state index < -0.39 is 10.8 Å². The third kappa shape index (κ3) is 3.22. The zero-order chi connectivity index (χ0) is 17.1. The molecule has 3 rings (SSSR count). The molecule has 0 unspecified atom stereocenters. The van der Waals surface area contributed by atoms with Gasteiger partial charge < -0.3 is 10.6 Å². The minimum atomic E-state index is -0.660. The van der Waals surface area contributed by atoms with Crippen molar-refractivity contribution in [1.82, 2.24) is 0 Å². The van der Waals surface area contributed by atoms with Crippen LogP contribution in [0.3, 0.4) is 0 Å². The molecule has 1 aliphatic heterocycles. The van der Waals surface area contributed by atoms with Gasteiger partial charge in [-0.3, -0.25) is 14.9 Å². The fraction of sp³-hybridized carbons (Fsp3) is 0.278. The van der Waals surface area contributed by atoms with E-state index in [-0.39, 0.29) is 11.3 Å². The highest BCUT2D eigenvalue weighted by Gasteiger charge is 2.26. The Hall–Kier alpha value is -2.89. The highest BCUT2D eigenvalue weighted by Crippen LogP contribution is 2.35. The Labute approximate surface area is 140 Å². The lowest BCUT2D eigenvalue weighted by Crippen LogP contribution is -2.33. The first-order chi connectivity index (χ1) is 11.6. The van der Waals surface area contributed by atoms with Gasteiger partial charge in [-0.05, 0) is 36.5 Å². The predicted octanol–water partition coefficient (Wildman–Crippen LogP) is 3.08. The summed E-state index contributed by atoms with van der Waals surface area (Å²) in [6, 6.07) is 14.8. The summed E-state index contributed by atoms with van der Waals surface area (Å²) in [4.78, 5) is 24.2. The number of benzene rings is 2. The van der Waals surface area contributed by atoms with Crippen LogP contribution in [0, 0.1) is 10.1 Å². The van der Waals surface area contributed by atoms with Crippen LogP contribution in [0.2, 0.25) is 0 Å². The number of nitrogens with two attached hydrogens (primary N) is 1. The van der Waals surface area contributed by atoms with Crippen LogP contribution in [0.15, 0.2) is 48.5 Å². The van der Waals surface area contributed by atoms with Gasteiger partial charge >= 0.3 is 0 Å². The molecule has 2 aromatic carbocycles. The van der Waals surface area contributed by atoms with Gasteiger partial charge in [0, 0.05) is 24.7 Å². The van der Waals surface area contributed by atoms with Gasteiger partial charge in [-0.15, -0.1) is 0 Å². The number of amides is 1. The first-order valence-electron chi connectivity index (χ1n) is 7.94. The fourth-order valence-corrected chi connectivity index (χ4v) is 3.27. The summed E-state index contributed by atoms with van der Waals surface area (Å²) in [5.41, 5.74) is 7.18. The van der Waals surface area contributed by atoms with Crippen molar-refractivity contribution in [2.24, 2.45) is 5.73 Å². The Bertz CT molecular complexity index is 753. The van der Waals surface area contributed by atoms with Crippen molar-refractivity contribution in [3.05, 3.63) is 69.8 Å². The predicted molar refractivity (Wildman–Crippen MR) is 92.2 cm³/mol. The summed E-state index contributed by atoms with van der Waals surface area (Å²) in [6.45, 7) is 1.49. The summed E-state index contributed by atoms with van der Waals surface area (Å²) >= 11 is 0. The monoisotopic (exact) mass is 325 g/mol. The molecular weight excluding hydrogens is 306 g/mol. The SMILES string of the molecule is NC(=O)c1ccc(N2CCC(c3ccccc3)CC2)c([N+](=O)[O-])c1. The normalized spacial score (nSPS) is 15.2. The molecule has 24 heavy (non-hydrogen) atoms. The summed E-state index contributed by atoms with van der Waals surface area (Å²) in [5.74, 6) is -0.182. The van der Waals surface area contributed by atoms with Gasteiger partial charge in [0.05, 0.1) is 4.92 Å². The smallest absolute Gasteiger partial charge is 0.293 e. The van der Waals surface area contributed by atoms with E-state index in [0.717, 1.165) is 25.9 Å². The van der Waals surface area contributed by atoms with Crippen molar-refractivity contribution in [3.8, 4) is 0 Å². The molecule has 0 saturated carbocycles. The summed E-state index contributed by atoms with van der Waals surface area (Å²) < 4.78 is 0. The Morgan fingerprint density at radius 2 is 1.79 bits per heavy atom. The van der Waals surface area contributed by atoms with Crippen molar-refractivity contribution in [3.63, 3.8) is 0 Å². The van der Waals surface area contributed by atoms with E-state index in [1.165, 1.54) is 11.6 Å². The van der Waals surface area contributed by atoms with Crippen molar-refractivity contribution < 1.29 is 9.72 Å². The van der Waals surface area contributed by atoms with Crippen molar-refractivity contribution in [2.75, 3.05) is 18.0 Å². The second kappa shape index (κ2) is 6.70. The number of piperidine rings is 1. The van der Waals surface area contributed by atoms with Crippen LogP contribution in [0.1, 0.15) is 34.7 Å². The van der Waals surface area contributed by atoms with Crippen LogP contribution >= 0.6 is 0 Å². The van der Waals surface area contributed by atoms with Crippen molar-refractivity contribution in [1.29, 1.82) is 0 Å². The Morgan fingerprint density at radius 3 is 2.38 bits per heavy atom. The average Bonchev–Trinajstić information content (AvgIpc) is 2.62. The summed E-state index contributed by atoms with van der Waals surface area (Å²) in [6.07, 6.45) is 1.89. The standard InChI is InChI=1S/C18H19N3O3/c19-18(22)15-6-7-16(17(12-15)21(23)24)20-10-8-14(9-11-20)13-4-2-1-3-5-13/h1-7,12,14H,8-11H2,(H2,19,22). The molecule has 124 valence electrons. The fourth-order valence-electron chi connectivity index (χ4n) is 3.27. The van der Waals surface area contributed by atoms with E-state index >= 15 is 0 Å². The molecule has 0 spiro atoms. The summed E-state index contributed by atoms with van der Waals surface area (Å²) in [5, 5.41) is 11.4. The molecule has 0 aliphatic carbocycles. The second-order valence-electron chi connectivity index (χ2n) is 6.00. The maximum absolute atomic E-state index is 11.4. The zero-order valence-electron chi connectivity index (χ0n) is 13.2. The lowest BCUT2D eigenvalue weighted by atomic mass is 9.89. The van der Waals surface area contributed by atoms with Gasteiger partial charge in [0.2, 0.25) is 5.91 Å². The van der Waals surface area contributed by atoms with E-state index in [1.807, 2.05) is 23.1 Å². The van der Waals surface area contributed by atoms with Crippen LogP contribution in [-0.2, 0) is 0 Å². The minimum absolute atomic E-state index is 0.0653. The van der Waals surface area contributed by atoms with Gasteiger partial charge in [0.1, 0.15) is 5.69 Å². The van der Waals surface area contributed by atoms with Crippen molar-refractivity contribution >= 4 is 17.3 Å². The third-order valence-electron chi connectivity index (χ3n) is 4.56. The lowest BCUT2D eigenvalue weighted by Gasteiger charge is -2.33. The number of primary amides is 1.